The number of aromatic nitrogens is 2. The third-order valence-electron chi connectivity index (χ3n) is 6.17. The Morgan fingerprint density at radius 1 is 1.12 bits per heavy atom. The fourth-order valence-electron chi connectivity index (χ4n) is 4.43. The van der Waals surface area contributed by atoms with Crippen molar-refractivity contribution < 1.29 is 23.4 Å². The van der Waals surface area contributed by atoms with Crippen LogP contribution in [0.25, 0.3) is 11.1 Å². The van der Waals surface area contributed by atoms with Gasteiger partial charge in [0.15, 0.2) is 0 Å². The van der Waals surface area contributed by atoms with Crippen LogP contribution in [0.15, 0.2) is 54.9 Å². The third kappa shape index (κ3) is 5.08. The van der Waals surface area contributed by atoms with Crippen molar-refractivity contribution in [2.45, 2.75) is 31.4 Å². The molecule has 2 atom stereocenters. The van der Waals surface area contributed by atoms with Crippen molar-refractivity contribution in [1.82, 2.24) is 15.3 Å². The zero-order valence-corrected chi connectivity index (χ0v) is 18.7. The Balaban J connectivity index is 1.22. The quantitative estimate of drug-likeness (QED) is 0.565. The summed E-state index contributed by atoms with van der Waals surface area (Å²) in [6, 6.07) is 12.7. The molecule has 176 valence electrons. The van der Waals surface area contributed by atoms with Crippen molar-refractivity contribution in [2.24, 2.45) is 0 Å². The van der Waals surface area contributed by atoms with Gasteiger partial charge in [-0.15, -0.1) is 0 Å². The minimum atomic E-state index is -0.488. The Morgan fingerprint density at radius 2 is 2.03 bits per heavy atom. The van der Waals surface area contributed by atoms with E-state index in [0.717, 1.165) is 24.0 Å². The third-order valence-corrected chi connectivity index (χ3v) is 6.17. The highest BCUT2D eigenvalue weighted by Crippen LogP contribution is 2.32. The zero-order chi connectivity index (χ0) is 23.3. The summed E-state index contributed by atoms with van der Waals surface area (Å²) >= 11 is 0. The number of pyridine rings is 2. The Kier molecular flexibility index (Phi) is 6.78. The second-order valence-corrected chi connectivity index (χ2v) is 8.46. The fraction of sp³-hybridized carbons (Fsp3) is 0.346. The van der Waals surface area contributed by atoms with Crippen LogP contribution in [0.5, 0.6) is 5.88 Å². The lowest BCUT2D eigenvalue weighted by molar-refractivity contribution is -0.102. The zero-order valence-electron chi connectivity index (χ0n) is 18.7. The number of hydrogen-bond acceptors (Lipinski definition) is 6. The first-order valence-corrected chi connectivity index (χ1v) is 11.5. The standard InChI is InChI=1S/C26H26FN3O4/c27-25-22(5-2-10-28-25)21-4-1-3-17-6-8-19(13-23(17)21)30-26(31)18-7-9-24(29-14-18)34-16-20-15-32-11-12-33-20/h1-5,7,9-10,14,19-20H,6,8,11-13,15-16H2,(H,30,31)/t19-,20?/m1/s1. The van der Waals surface area contributed by atoms with Crippen LogP contribution in [0.2, 0.25) is 0 Å². The molecule has 1 unspecified atom stereocenters. The van der Waals surface area contributed by atoms with Gasteiger partial charge in [-0.25, -0.2) is 9.97 Å². The number of carbonyl (C=O) groups excluding carboxylic acids is 1. The maximum atomic E-state index is 14.4. The van der Waals surface area contributed by atoms with Crippen LogP contribution in [-0.4, -0.2) is 54.4 Å². The van der Waals surface area contributed by atoms with Crippen molar-refractivity contribution in [2.75, 3.05) is 26.4 Å². The molecule has 1 aromatic carbocycles. The normalized spacial score (nSPS) is 19.8. The lowest BCUT2D eigenvalue weighted by Gasteiger charge is -2.27. The molecule has 1 saturated heterocycles. The molecule has 34 heavy (non-hydrogen) atoms. The number of benzene rings is 1. The van der Waals surface area contributed by atoms with Crippen LogP contribution in [-0.2, 0) is 22.3 Å². The molecule has 0 radical (unpaired) electrons. The van der Waals surface area contributed by atoms with Gasteiger partial charge in [0.2, 0.25) is 11.8 Å². The summed E-state index contributed by atoms with van der Waals surface area (Å²) in [5.74, 6) is -0.250. The topological polar surface area (TPSA) is 82.6 Å². The molecule has 3 heterocycles. The molecule has 7 nitrogen and oxygen atoms in total. The maximum absolute atomic E-state index is 14.4. The summed E-state index contributed by atoms with van der Waals surface area (Å²) in [7, 11) is 0. The van der Waals surface area contributed by atoms with E-state index in [2.05, 4.69) is 21.4 Å². The average molecular weight is 464 g/mol. The highest BCUT2D eigenvalue weighted by atomic mass is 19.1. The van der Waals surface area contributed by atoms with E-state index in [-0.39, 0.29) is 18.1 Å². The van der Waals surface area contributed by atoms with Gasteiger partial charge in [-0.1, -0.05) is 18.2 Å². The van der Waals surface area contributed by atoms with E-state index < -0.39 is 5.95 Å². The summed E-state index contributed by atoms with van der Waals surface area (Å²) in [6.07, 6.45) is 5.10. The van der Waals surface area contributed by atoms with Crippen molar-refractivity contribution in [1.29, 1.82) is 0 Å². The molecule has 5 rings (SSSR count). The number of halogens is 1. The van der Waals surface area contributed by atoms with Crippen LogP contribution < -0.4 is 10.1 Å². The summed E-state index contributed by atoms with van der Waals surface area (Å²) in [5, 5.41) is 3.11. The molecule has 8 heteroatoms. The van der Waals surface area contributed by atoms with Crippen LogP contribution >= 0.6 is 0 Å². The Morgan fingerprint density at radius 3 is 2.82 bits per heavy atom. The van der Waals surface area contributed by atoms with E-state index in [1.165, 1.54) is 18.0 Å². The van der Waals surface area contributed by atoms with E-state index in [0.29, 0.717) is 49.9 Å². The van der Waals surface area contributed by atoms with Gasteiger partial charge in [-0.2, -0.15) is 4.39 Å². The van der Waals surface area contributed by atoms with Gasteiger partial charge in [0.1, 0.15) is 12.7 Å². The minimum absolute atomic E-state index is 0.0553. The molecule has 1 fully saturated rings. The molecule has 3 aromatic rings. The first-order valence-electron chi connectivity index (χ1n) is 11.5. The number of fused-ring (bicyclic) bond motifs is 1. The Hall–Kier alpha value is -3.36. The van der Waals surface area contributed by atoms with Gasteiger partial charge in [0.05, 0.1) is 25.4 Å². The average Bonchev–Trinajstić information content (AvgIpc) is 2.88. The van der Waals surface area contributed by atoms with Crippen LogP contribution in [0.3, 0.4) is 0 Å². The van der Waals surface area contributed by atoms with Crippen LogP contribution in [0.1, 0.15) is 27.9 Å². The Labute approximate surface area is 197 Å². The SMILES string of the molecule is O=C(N[C@@H]1CCc2cccc(-c3cccnc3F)c2C1)c1ccc(OCC2COCCO2)nc1. The molecule has 0 spiro atoms. The molecule has 1 aliphatic carbocycles. The van der Waals surface area contributed by atoms with E-state index in [1.807, 2.05) is 12.1 Å². The van der Waals surface area contributed by atoms with Crippen LogP contribution in [0, 0.1) is 5.95 Å². The number of carbonyl (C=O) groups is 1. The monoisotopic (exact) mass is 463 g/mol. The summed E-state index contributed by atoms with van der Waals surface area (Å²) < 4.78 is 30.9. The van der Waals surface area contributed by atoms with Gasteiger partial charge >= 0.3 is 0 Å². The van der Waals surface area contributed by atoms with Crippen molar-refractivity contribution in [3.63, 3.8) is 0 Å². The number of amides is 1. The van der Waals surface area contributed by atoms with Crippen molar-refractivity contribution in [3.05, 3.63) is 77.5 Å². The second-order valence-electron chi connectivity index (χ2n) is 8.46. The number of nitrogens with one attached hydrogen (secondary N) is 1. The van der Waals surface area contributed by atoms with Gasteiger partial charge in [-0.05, 0) is 54.2 Å². The molecule has 1 aliphatic heterocycles. The number of nitrogens with zero attached hydrogens (tertiary/aromatic N) is 2. The summed E-state index contributed by atoms with van der Waals surface area (Å²) in [4.78, 5) is 20.9. The van der Waals surface area contributed by atoms with Gasteiger partial charge in [0.25, 0.3) is 5.91 Å². The summed E-state index contributed by atoms with van der Waals surface area (Å²) in [5.41, 5.74) is 4.01. The fourth-order valence-corrected chi connectivity index (χ4v) is 4.43. The molecule has 2 aromatic heterocycles. The lowest BCUT2D eigenvalue weighted by atomic mass is 9.83. The minimum Gasteiger partial charge on any atom is -0.475 e. The number of rotatable bonds is 6. The van der Waals surface area contributed by atoms with Gasteiger partial charge < -0.3 is 19.5 Å². The van der Waals surface area contributed by atoms with E-state index in [9.17, 15) is 9.18 Å². The molecule has 1 amide bonds. The highest BCUT2D eigenvalue weighted by molar-refractivity contribution is 5.94. The molecule has 0 saturated carbocycles. The van der Waals surface area contributed by atoms with Crippen LogP contribution in [0.4, 0.5) is 4.39 Å². The van der Waals surface area contributed by atoms with Crippen molar-refractivity contribution in [3.8, 4) is 17.0 Å². The first kappa shape index (κ1) is 22.4. The van der Waals surface area contributed by atoms with E-state index >= 15 is 0 Å². The molecular weight excluding hydrogens is 437 g/mol. The smallest absolute Gasteiger partial charge is 0.253 e. The van der Waals surface area contributed by atoms with E-state index in [1.54, 1.807) is 24.3 Å². The predicted octanol–water partition coefficient (Wildman–Crippen LogP) is 3.36. The largest absolute Gasteiger partial charge is 0.475 e. The second kappa shape index (κ2) is 10.3. The number of hydrogen-bond donors (Lipinski definition) is 1. The molecular formula is C26H26FN3O4. The molecule has 2 aliphatic rings. The summed E-state index contributed by atoms with van der Waals surface area (Å²) in [6.45, 7) is 2.01. The van der Waals surface area contributed by atoms with E-state index in [4.69, 9.17) is 14.2 Å². The first-order chi connectivity index (χ1) is 16.7. The molecule has 0 bridgehead atoms. The number of aryl methyl sites for hydroxylation is 1. The van der Waals surface area contributed by atoms with Crippen molar-refractivity contribution >= 4 is 5.91 Å². The van der Waals surface area contributed by atoms with Gasteiger partial charge in [-0.3, -0.25) is 4.79 Å². The van der Waals surface area contributed by atoms with Gasteiger partial charge in [0, 0.05) is 30.1 Å². The Bertz CT molecular complexity index is 1150. The predicted molar refractivity (Wildman–Crippen MR) is 123 cm³/mol. The lowest BCUT2D eigenvalue weighted by Crippen LogP contribution is -2.39. The maximum Gasteiger partial charge on any atom is 0.253 e. The highest BCUT2D eigenvalue weighted by Gasteiger charge is 2.24. The number of ether oxygens (including phenoxy) is 3. The molecule has 1 N–H and O–H groups in total.